The number of nitrogens with zero attached hydrogens (tertiary/aromatic N) is 5. The van der Waals surface area contributed by atoms with Crippen molar-refractivity contribution in [3.05, 3.63) is 71.4 Å². The van der Waals surface area contributed by atoms with Gasteiger partial charge < -0.3 is 5.11 Å². The SMILES string of the molecule is Cc1ccc(-c2nc(N=NCc3ccc(C(=O)O)cc3)c3cn[nH]c3n2)cc1. The minimum atomic E-state index is -0.958. The zero-order valence-electron chi connectivity index (χ0n) is 15.0. The average molecular weight is 372 g/mol. The highest BCUT2D eigenvalue weighted by molar-refractivity contribution is 5.87. The predicted molar refractivity (Wildman–Crippen MR) is 103 cm³/mol. The van der Waals surface area contributed by atoms with E-state index in [1.165, 1.54) is 0 Å². The number of carboxylic acid groups (broad SMARTS) is 1. The molecule has 8 heteroatoms. The lowest BCUT2D eigenvalue weighted by atomic mass is 10.1. The van der Waals surface area contributed by atoms with Gasteiger partial charge in [0.1, 0.15) is 0 Å². The number of carboxylic acids is 1. The summed E-state index contributed by atoms with van der Waals surface area (Å²) >= 11 is 0. The van der Waals surface area contributed by atoms with E-state index in [4.69, 9.17) is 5.11 Å². The van der Waals surface area contributed by atoms with Crippen molar-refractivity contribution in [2.75, 3.05) is 0 Å². The molecule has 4 rings (SSSR count). The zero-order chi connectivity index (χ0) is 19.5. The van der Waals surface area contributed by atoms with Gasteiger partial charge in [0.05, 0.1) is 23.7 Å². The van der Waals surface area contributed by atoms with Gasteiger partial charge >= 0.3 is 5.97 Å². The van der Waals surface area contributed by atoms with Crippen molar-refractivity contribution in [1.29, 1.82) is 0 Å². The number of aromatic nitrogens is 4. The van der Waals surface area contributed by atoms with Crippen LogP contribution in [0.5, 0.6) is 0 Å². The maximum atomic E-state index is 10.9. The summed E-state index contributed by atoms with van der Waals surface area (Å²) in [6.07, 6.45) is 1.62. The molecule has 0 aliphatic carbocycles. The van der Waals surface area contributed by atoms with Crippen molar-refractivity contribution in [2.24, 2.45) is 10.2 Å². The Morgan fingerprint density at radius 1 is 1.07 bits per heavy atom. The molecule has 8 nitrogen and oxygen atoms in total. The summed E-state index contributed by atoms with van der Waals surface area (Å²) in [5.41, 5.74) is 3.71. The summed E-state index contributed by atoms with van der Waals surface area (Å²) < 4.78 is 0. The quantitative estimate of drug-likeness (QED) is 0.506. The number of hydrogen-bond donors (Lipinski definition) is 2. The van der Waals surface area contributed by atoms with Crippen LogP contribution in [-0.4, -0.2) is 31.2 Å². The Morgan fingerprint density at radius 2 is 1.82 bits per heavy atom. The highest BCUT2D eigenvalue weighted by Crippen LogP contribution is 2.26. The first-order valence-electron chi connectivity index (χ1n) is 8.58. The van der Waals surface area contributed by atoms with Gasteiger partial charge in [-0.15, -0.1) is 5.11 Å². The molecule has 138 valence electrons. The molecule has 0 aliphatic heterocycles. The molecular formula is C20H16N6O2. The van der Waals surface area contributed by atoms with Crippen LogP contribution >= 0.6 is 0 Å². The number of aromatic amines is 1. The van der Waals surface area contributed by atoms with Crippen LogP contribution < -0.4 is 0 Å². The van der Waals surface area contributed by atoms with Gasteiger partial charge in [0, 0.05) is 5.56 Å². The summed E-state index contributed by atoms with van der Waals surface area (Å²) in [4.78, 5) is 19.9. The maximum absolute atomic E-state index is 10.9. The number of aryl methyl sites for hydroxylation is 1. The highest BCUT2D eigenvalue weighted by Gasteiger charge is 2.11. The topological polar surface area (TPSA) is 116 Å². The van der Waals surface area contributed by atoms with E-state index in [0.717, 1.165) is 16.7 Å². The molecule has 0 atom stereocenters. The number of rotatable bonds is 5. The van der Waals surface area contributed by atoms with Crippen molar-refractivity contribution >= 4 is 22.8 Å². The maximum Gasteiger partial charge on any atom is 0.335 e. The second-order valence-corrected chi connectivity index (χ2v) is 6.27. The lowest BCUT2D eigenvalue weighted by Gasteiger charge is -2.03. The summed E-state index contributed by atoms with van der Waals surface area (Å²) in [5, 5.41) is 25.0. The molecule has 0 fully saturated rings. The molecule has 0 radical (unpaired) electrons. The van der Waals surface area contributed by atoms with Crippen LogP contribution in [-0.2, 0) is 6.54 Å². The third-order valence-corrected chi connectivity index (χ3v) is 4.22. The van der Waals surface area contributed by atoms with Crippen molar-refractivity contribution in [3.8, 4) is 11.4 Å². The largest absolute Gasteiger partial charge is 0.478 e. The number of benzene rings is 2. The number of carbonyl (C=O) groups is 1. The first-order chi connectivity index (χ1) is 13.6. The number of hydrogen-bond acceptors (Lipinski definition) is 6. The number of aromatic carboxylic acids is 1. The summed E-state index contributed by atoms with van der Waals surface area (Å²) in [5.74, 6) is 0.00754. The minimum Gasteiger partial charge on any atom is -0.478 e. The molecule has 2 aromatic carbocycles. The van der Waals surface area contributed by atoms with Gasteiger partial charge in [0.15, 0.2) is 17.3 Å². The van der Waals surface area contributed by atoms with Crippen LogP contribution in [0, 0.1) is 6.92 Å². The Labute approximate surface area is 160 Å². The minimum absolute atomic E-state index is 0.235. The molecule has 2 aromatic heterocycles. The normalized spacial score (nSPS) is 11.3. The van der Waals surface area contributed by atoms with Gasteiger partial charge in [-0.3, -0.25) is 5.10 Å². The summed E-state index contributed by atoms with van der Waals surface area (Å²) in [7, 11) is 0. The van der Waals surface area contributed by atoms with E-state index >= 15 is 0 Å². The molecule has 0 saturated heterocycles. The zero-order valence-corrected chi connectivity index (χ0v) is 15.0. The Balaban J connectivity index is 1.62. The number of azo groups is 1. The molecule has 0 aliphatic rings. The van der Waals surface area contributed by atoms with Gasteiger partial charge in [-0.25, -0.2) is 14.8 Å². The van der Waals surface area contributed by atoms with Crippen LogP contribution in [0.3, 0.4) is 0 Å². The van der Waals surface area contributed by atoms with Crippen molar-refractivity contribution in [1.82, 2.24) is 20.2 Å². The van der Waals surface area contributed by atoms with Crippen LogP contribution in [0.15, 0.2) is 65.0 Å². The van der Waals surface area contributed by atoms with E-state index in [-0.39, 0.29) is 5.56 Å². The van der Waals surface area contributed by atoms with Crippen LogP contribution in [0.1, 0.15) is 21.5 Å². The molecule has 28 heavy (non-hydrogen) atoms. The number of nitrogens with one attached hydrogen (secondary N) is 1. The Morgan fingerprint density at radius 3 is 2.54 bits per heavy atom. The van der Waals surface area contributed by atoms with Crippen molar-refractivity contribution < 1.29 is 9.90 Å². The third-order valence-electron chi connectivity index (χ3n) is 4.22. The van der Waals surface area contributed by atoms with Crippen molar-refractivity contribution in [2.45, 2.75) is 13.5 Å². The molecule has 0 unspecified atom stereocenters. The average Bonchev–Trinajstić information content (AvgIpc) is 3.18. The number of H-pyrrole nitrogens is 1. The van der Waals surface area contributed by atoms with Crippen LogP contribution in [0.4, 0.5) is 5.82 Å². The third kappa shape index (κ3) is 3.61. The van der Waals surface area contributed by atoms with Gasteiger partial charge in [-0.2, -0.15) is 10.2 Å². The van der Waals surface area contributed by atoms with E-state index in [9.17, 15) is 4.79 Å². The van der Waals surface area contributed by atoms with Gasteiger partial charge in [0.25, 0.3) is 0 Å². The first-order valence-corrected chi connectivity index (χ1v) is 8.58. The molecule has 4 aromatic rings. The smallest absolute Gasteiger partial charge is 0.335 e. The van der Waals surface area contributed by atoms with E-state index in [1.807, 2.05) is 31.2 Å². The Bertz CT molecular complexity index is 1160. The first kappa shape index (κ1) is 17.5. The van der Waals surface area contributed by atoms with E-state index in [2.05, 4.69) is 30.4 Å². The van der Waals surface area contributed by atoms with Crippen LogP contribution in [0.2, 0.25) is 0 Å². The standard InChI is InChI=1S/C20H16N6O2/c1-12-2-6-14(7-3-12)17-23-18(16-11-22-26-19(16)24-17)25-21-10-13-4-8-15(9-5-13)20(27)28/h2-9,11H,10H2,1H3,(H,27,28)(H,22,23,24,26). The highest BCUT2D eigenvalue weighted by atomic mass is 16.4. The lowest BCUT2D eigenvalue weighted by molar-refractivity contribution is 0.0697. The fourth-order valence-corrected chi connectivity index (χ4v) is 2.66. The second kappa shape index (κ2) is 7.36. The van der Waals surface area contributed by atoms with Gasteiger partial charge in [-0.05, 0) is 24.6 Å². The lowest BCUT2D eigenvalue weighted by Crippen LogP contribution is -1.95. The van der Waals surface area contributed by atoms with E-state index in [0.29, 0.717) is 29.2 Å². The summed E-state index contributed by atoms with van der Waals surface area (Å²) in [6.45, 7) is 2.33. The Hall–Kier alpha value is -3.94. The molecular weight excluding hydrogens is 356 g/mol. The fraction of sp³-hybridized carbons (Fsp3) is 0.100. The molecule has 0 amide bonds. The molecule has 0 bridgehead atoms. The second-order valence-electron chi connectivity index (χ2n) is 6.27. The summed E-state index contributed by atoms with van der Waals surface area (Å²) in [6, 6.07) is 14.4. The van der Waals surface area contributed by atoms with E-state index in [1.54, 1.807) is 30.5 Å². The molecule has 0 saturated carbocycles. The van der Waals surface area contributed by atoms with Crippen molar-refractivity contribution in [3.63, 3.8) is 0 Å². The van der Waals surface area contributed by atoms with Gasteiger partial charge in [0.2, 0.25) is 0 Å². The predicted octanol–water partition coefficient (Wildman–Crippen LogP) is 4.31. The van der Waals surface area contributed by atoms with Gasteiger partial charge in [-0.1, -0.05) is 42.0 Å². The Kier molecular flexibility index (Phi) is 4.59. The number of fused-ring (bicyclic) bond motifs is 1. The fourth-order valence-electron chi connectivity index (χ4n) is 2.66. The molecule has 2 heterocycles. The van der Waals surface area contributed by atoms with E-state index < -0.39 is 5.97 Å². The molecule has 2 N–H and O–H groups in total. The van der Waals surface area contributed by atoms with Crippen LogP contribution in [0.25, 0.3) is 22.4 Å². The molecule has 0 spiro atoms. The monoisotopic (exact) mass is 372 g/mol.